The SMILES string of the molecule is C=C/C=C(\C(=C/C)OC(F)F)C1CCc2nc3ccc(-c4cnc(C(C)(C)O)nc4)nc3n21. The van der Waals surface area contributed by atoms with E-state index >= 15 is 0 Å². The molecule has 7 nitrogen and oxygen atoms in total. The van der Waals surface area contributed by atoms with Crippen LogP contribution in [-0.4, -0.2) is 36.2 Å². The highest BCUT2D eigenvalue weighted by Gasteiger charge is 2.32. The minimum absolute atomic E-state index is 0.108. The molecule has 0 bridgehead atoms. The fraction of sp³-hybridized carbons (Fsp3) is 0.333. The summed E-state index contributed by atoms with van der Waals surface area (Å²) in [4.78, 5) is 18.0. The number of allylic oxidation sites excluding steroid dienone is 4. The zero-order valence-electron chi connectivity index (χ0n) is 18.7. The van der Waals surface area contributed by atoms with Crippen LogP contribution in [-0.2, 0) is 16.8 Å². The molecule has 3 aromatic heterocycles. The van der Waals surface area contributed by atoms with Crippen LogP contribution in [0.2, 0.25) is 0 Å². The highest BCUT2D eigenvalue weighted by Crippen LogP contribution is 2.39. The molecule has 1 aliphatic rings. The summed E-state index contributed by atoms with van der Waals surface area (Å²) in [6.07, 6.45) is 9.37. The van der Waals surface area contributed by atoms with Crippen LogP contribution in [0.15, 0.2) is 60.7 Å². The van der Waals surface area contributed by atoms with Gasteiger partial charge >= 0.3 is 6.61 Å². The minimum Gasteiger partial charge on any atom is -0.435 e. The predicted molar refractivity (Wildman–Crippen MR) is 120 cm³/mol. The maximum atomic E-state index is 13.0. The number of aryl methyl sites for hydroxylation is 1. The highest BCUT2D eigenvalue weighted by atomic mass is 19.3. The van der Waals surface area contributed by atoms with E-state index in [1.54, 1.807) is 45.3 Å². The average molecular weight is 453 g/mol. The Hall–Kier alpha value is -3.46. The van der Waals surface area contributed by atoms with Gasteiger partial charge in [-0.2, -0.15) is 8.78 Å². The second-order valence-electron chi connectivity index (χ2n) is 8.24. The molecule has 0 saturated heterocycles. The van der Waals surface area contributed by atoms with Crippen molar-refractivity contribution in [3.05, 3.63) is 72.3 Å². The van der Waals surface area contributed by atoms with E-state index in [9.17, 15) is 13.9 Å². The number of imidazole rings is 1. The van der Waals surface area contributed by atoms with Crippen LogP contribution in [0.3, 0.4) is 0 Å². The molecule has 0 fully saturated rings. The lowest BCUT2D eigenvalue weighted by molar-refractivity contribution is -0.0941. The maximum absolute atomic E-state index is 13.0. The van der Waals surface area contributed by atoms with Gasteiger partial charge in [0.1, 0.15) is 22.7 Å². The molecular formula is C24H25F2N5O2. The summed E-state index contributed by atoms with van der Waals surface area (Å²) in [5.41, 5.74) is 2.13. The summed E-state index contributed by atoms with van der Waals surface area (Å²) in [7, 11) is 0. The third-order valence-corrected chi connectivity index (χ3v) is 5.48. The molecule has 4 heterocycles. The van der Waals surface area contributed by atoms with Gasteiger partial charge in [-0.3, -0.25) is 0 Å². The van der Waals surface area contributed by atoms with E-state index in [2.05, 4.69) is 21.5 Å². The predicted octanol–water partition coefficient (Wildman–Crippen LogP) is 4.86. The Balaban J connectivity index is 1.77. The molecule has 0 radical (unpaired) electrons. The van der Waals surface area contributed by atoms with Crippen LogP contribution < -0.4 is 0 Å². The van der Waals surface area contributed by atoms with Crippen LogP contribution in [0.1, 0.15) is 44.9 Å². The first-order valence-corrected chi connectivity index (χ1v) is 10.6. The number of hydrogen-bond donors (Lipinski definition) is 1. The van der Waals surface area contributed by atoms with Crippen molar-refractivity contribution in [1.29, 1.82) is 0 Å². The van der Waals surface area contributed by atoms with Gasteiger partial charge in [-0.15, -0.1) is 0 Å². The van der Waals surface area contributed by atoms with Gasteiger partial charge in [0.05, 0.1) is 11.7 Å². The number of fused-ring (bicyclic) bond motifs is 3. The molecule has 0 amide bonds. The summed E-state index contributed by atoms with van der Waals surface area (Å²) < 4.78 is 32.8. The molecule has 9 heteroatoms. The summed E-state index contributed by atoms with van der Waals surface area (Å²) >= 11 is 0. The lowest BCUT2D eigenvalue weighted by Gasteiger charge is -2.21. The van der Waals surface area contributed by atoms with Gasteiger partial charge in [-0.05, 0) is 45.4 Å². The second-order valence-corrected chi connectivity index (χ2v) is 8.24. The fourth-order valence-electron chi connectivity index (χ4n) is 4.03. The van der Waals surface area contributed by atoms with E-state index in [0.29, 0.717) is 46.7 Å². The van der Waals surface area contributed by atoms with Crippen LogP contribution in [0.25, 0.3) is 22.4 Å². The third-order valence-electron chi connectivity index (χ3n) is 5.48. The number of ether oxygens (including phenoxy) is 1. The summed E-state index contributed by atoms with van der Waals surface area (Å²) in [6.45, 7) is 5.70. The number of halogens is 2. The zero-order valence-corrected chi connectivity index (χ0v) is 18.7. The number of alkyl halides is 2. The lowest BCUT2D eigenvalue weighted by Crippen LogP contribution is -2.19. The fourth-order valence-corrected chi connectivity index (χ4v) is 4.03. The monoisotopic (exact) mass is 453 g/mol. The van der Waals surface area contributed by atoms with Crippen molar-refractivity contribution >= 4 is 11.2 Å². The smallest absolute Gasteiger partial charge is 0.387 e. The van der Waals surface area contributed by atoms with Gasteiger partial charge in [-0.25, -0.2) is 19.9 Å². The van der Waals surface area contributed by atoms with Gasteiger partial charge in [0, 0.05) is 30.0 Å². The normalized spacial score (nSPS) is 17.0. The van der Waals surface area contributed by atoms with Gasteiger partial charge < -0.3 is 14.4 Å². The Labute approximate surface area is 190 Å². The van der Waals surface area contributed by atoms with Crippen molar-refractivity contribution in [2.75, 3.05) is 0 Å². The lowest BCUT2D eigenvalue weighted by atomic mass is 10.0. The molecule has 0 aliphatic carbocycles. The van der Waals surface area contributed by atoms with Crippen molar-refractivity contribution in [2.24, 2.45) is 0 Å². The van der Waals surface area contributed by atoms with Gasteiger partial charge in [-0.1, -0.05) is 18.7 Å². The first-order valence-electron chi connectivity index (χ1n) is 10.6. The molecule has 3 aromatic rings. The van der Waals surface area contributed by atoms with Crippen molar-refractivity contribution in [2.45, 2.75) is 51.9 Å². The molecule has 1 unspecified atom stereocenters. The highest BCUT2D eigenvalue weighted by molar-refractivity contribution is 5.76. The minimum atomic E-state index is -2.93. The Morgan fingerprint density at radius 3 is 2.61 bits per heavy atom. The first-order chi connectivity index (χ1) is 15.7. The molecule has 0 aromatic carbocycles. The molecule has 1 N–H and O–H groups in total. The largest absolute Gasteiger partial charge is 0.435 e. The summed E-state index contributed by atoms with van der Waals surface area (Å²) in [6, 6.07) is 3.43. The number of pyridine rings is 1. The first kappa shape index (κ1) is 22.7. The van der Waals surface area contributed by atoms with Crippen molar-refractivity contribution < 1.29 is 18.6 Å². The van der Waals surface area contributed by atoms with Crippen molar-refractivity contribution in [3.8, 4) is 11.3 Å². The quantitative estimate of drug-likeness (QED) is 0.406. The number of rotatable bonds is 7. The zero-order chi connectivity index (χ0) is 23.8. The van der Waals surface area contributed by atoms with Crippen LogP contribution in [0, 0.1) is 0 Å². The van der Waals surface area contributed by atoms with Crippen molar-refractivity contribution in [1.82, 2.24) is 24.5 Å². The molecule has 33 heavy (non-hydrogen) atoms. The van der Waals surface area contributed by atoms with E-state index in [4.69, 9.17) is 9.72 Å². The standard InChI is InChI=1S/C24H25F2N5O2/c1-5-7-15(19(6-2)33-23(25)26)18-10-11-20-29-17-9-8-16(30-21(17)31(18)20)14-12-27-22(28-13-14)24(3,4)32/h5-9,12-13,18,23,32H,1,10-11H2,2-4H3/b15-7-,19-6+. The Kier molecular flexibility index (Phi) is 6.07. The summed E-state index contributed by atoms with van der Waals surface area (Å²) in [5.74, 6) is 1.25. The second kappa shape index (κ2) is 8.82. The Morgan fingerprint density at radius 1 is 1.27 bits per heavy atom. The van der Waals surface area contributed by atoms with Crippen LogP contribution in [0.5, 0.6) is 0 Å². The van der Waals surface area contributed by atoms with E-state index in [-0.39, 0.29) is 11.8 Å². The molecule has 1 aliphatic heterocycles. The molecule has 4 rings (SSSR count). The van der Waals surface area contributed by atoms with E-state index < -0.39 is 12.2 Å². The molecule has 1 atom stereocenters. The topological polar surface area (TPSA) is 86.0 Å². The number of nitrogens with zero attached hydrogens (tertiary/aromatic N) is 5. The average Bonchev–Trinajstić information content (AvgIpc) is 3.34. The van der Waals surface area contributed by atoms with E-state index in [0.717, 1.165) is 5.82 Å². The molecular weight excluding hydrogens is 428 g/mol. The van der Waals surface area contributed by atoms with Crippen LogP contribution >= 0.6 is 0 Å². The van der Waals surface area contributed by atoms with Gasteiger partial charge in [0.2, 0.25) is 0 Å². The van der Waals surface area contributed by atoms with E-state index in [1.165, 1.54) is 6.08 Å². The van der Waals surface area contributed by atoms with Crippen LogP contribution in [0.4, 0.5) is 8.78 Å². The summed E-state index contributed by atoms with van der Waals surface area (Å²) in [5, 5.41) is 10.1. The van der Waals surface area contributed by atoms with Gasteiger partial charge in [0.25, 0.3) is 0 Å². The number of aromatic nitrogens is 5. The molecule has 0 spiro atoms. The molecule has 172 valence electrons. The third kappa shape index (κ3) is 4.41. The Bertz CT molecular complexity index is 1240. The van der Waals surface area contributed by atoms with E-state index in [1.807, 2.05) is 16.7 Å². The Morgan fingerprint density at radius 2 is 2.00 bits per heavy atom. The van der Waals surface area contributed by atoms with Crippen molar-refractivity contribution in [3.63, 3.8) is 0 Å². The van der Waals surface area contributed by atoms with Gasteiger partial charge in [0.15, 0.2) is 11.5 Å². The number of hydrogen-bond acceptors (Lipinski definition) is 6. The molecule has 0 saturated carbocycles. The number of aliphatic hydroxyl groups is 1. The maximum Gasteiger partial charge on any atom is 0.387 e.